The van der Waals surface area contributed by atoms with Crippen molar-refractivity contribution < 1.29 is 9.53 Å². The van der Waals surface area contributed by atoms with E-state index in [1.165, 1.54) is 13.2 Å². The predicted molar refractivity (Wildman–Crippen MR) is 77.1 cm³/mol. The second kappa shape index (κ2) is 6.09. The van der Waals surface area contributed by atoms with Gasteiger partial charge in [0.15, 0.2) is 0 Å². The lowest BCUT2D eigenvalue weighted by molar-refractivity contribution is 0.102. The SMILES string of the molecule is COc1cccc(C(=O)Nc2ccc(C#N)cc2Cl)c1. The van der Waals surface area contributed by atoms with E-state index >= 15 is 0 Å². The number of halogens is 1. The van der Waals surface area contributed by atoms with Crippen LogP contribution in [0.1, 0.15) is 15.9 Å². The minimum absolute atomic E-state index is 0.296. The lowest BCUT2D eigenvalue weighted by Gasteiger charge is -2.08. The van der Waals surface area contributed by atoms with Crippen molar-refractivity contribution in [2.24, 2.45) is 0 Å². The van der Waals surface area contributed by atoms with Crippen molar-refractivity contribution >= 4 is 23.2 Å². The van der Waals surface area contributed by atoms with Crippen LogP contribution in [0.3, 0.4) is 0 Å². The average Bonchev–Trinajstić information content (AvgIpc) is 2.49. The van der Waals surface area contributed by atoms with Crippen LogP contribution in [0.2, 0.25) is 5.02 Å². The Bertz CT molecular complexity index is 693. The number of hydrogen-bond acceptors (Lipinski definition) is 3. The number of anilines is 1. The van der Waals surface area contributed by atoms with E-state index in [0.29, 0.717) is 27.6 Å². The van der Waals surface area contributed by atoms with Crippen molar-refractivity contribution in [3.05, 3.63) is 58.6 Å². The Morgan fingerprint density at radius 1 is 1.30 bits per heavy atom. The van der Waals surface area contributed by atoms with Gasteiger partial charge >= 0.3 is 0 Å². The highest BCUT2D eigenvalue weighted by atomic mass is 35.5. The molecule has 0 saturated carbocycles. The summed E-state index contributed by atoms with van der Waals surface area (Å²) in [7, 11) is 1.54. The van der Waals surface area contributed by atoms with E-state index in [2.05, 4.69) is 5.32 Å². The number of hydrogen-bond donors (Lipinski definition) is 1. The molecule has 0 spiro atoms. The second-order valence-electron chi connectivity index (χ2n) is 3.99. The molecule has 0 aliphatic heterocycles. The number of ether oxygens (including phenoxy) is 1. The minimum Gasteiger partial charge on any atom is -0.497 e. The van der Waals surface area contributed by atoms with E-state index < -0.39 is 0 Å². The molecule has 0 heterocycles. The first kappa shape index (κ1) is 13.9. The normalized spacial score (nSPS) is 9.65. The van der Waals surface area contributed by atoms with Gasteiger partial charge in [-0.3, -0.25) is 4.79 Å². The summed E-state index contributed by atoms with van der Waals surface area (Å²) < 4.78 is 5.07. The number of carbonyl (C=O) groups excluding carboxylic acids is 1. The molecule has 100 valence electrons. The van der Waals surface area contributed by atoms with Gasteiger partial charge in [-0.15, -0.1) is 0 Å². The fourth-order valence-electron chi connectivity index (χ4n) is 1.64. The van der Waals surface area contributed by atoms with Crippen LogP contribution in [-0.4, -0.2) is 13.0 Å². The van der Waals surface area contributed by atoms with Crippen LogP contribution >= 0.6 is 11.6 Å². The molecular weight excluding hydrogens is 276 g/mol. The number of amides is 1. The first-order valence-corrected chi connectivity index (χ1v) is 6.17. The Morgan fingerprint density at radius 2 is 2.10 bits per heavy atom. The van der Waals surface area contributed by atoms with Crippen molar-refractivity contribution in [1.29, 1.82) is 5.26 Å². The molecule has 0 aliphatic rings. The Kier molecular flexibility index (Phi) is 4.24. The van der Waals surface area contributed by atoms with Crippen molar-refractivity contribution in [3.8, 4) is 11.8 Å². The maximum atomic E-state index is 12.1. The zero-order valence-corrected chi connectivity index (χ0v) is 11.4. The topological polar surface area (TPSA) is 62.1 Å². The monoisotopic (exact) mass is 286 g/mol. The molecule has 1 N–H and O–H groups in total. The molecule has 0 saturated heterocycles. The number of benzene rings is 2. The van der Waals surface area contributed by atoms with Crippen molar-refractivity contribution in [1.82, 2.24) is 0 Å². The number of nitriles is 1. The van der Waals surface area contributed by atoms with Gasteiger partial charge in [-0.2, -0.15) is 5.26 Å². The number of nitrogens with one attached hydrogen (secondary N) is 1. The summed E-state index contributed by atoms with van der Waals surface area (Å²) in [5.74, 6) is 0.305. The second-order valence-corrected chi connectivity index (χ2v) is 4.40. The summed E-state index contributed by atoms with van der Waals surface area (Å²) in [5, 5.41) is 11.8. The fraction of sp³-hybridized carbons (Fsp3) is 0.0667. The zero-order valence-electron chi connectivity index (χ0n) is 10.7. The molecule has 1 amide bonds. The highest BCUT2D eigenvalue weighted by Crippen LogP contribution is 2.23. The average molecular weight is 287 g/mol. The summed E-state index contributed by atoms with van der Waals surface area (Å²) >= 11 is 6.01. The highest BCUT2D eigenvalue weighted by molar-refractivity contribution is 6.34. The molecule has 2 rings (SSSR count). The van der Waals surface area contributed by atoms with Gasteiger partial charge in [0.25, 0.3) is 5.91 Å². The number of nitrogens with zero attached hydrogens (tertiary/aromatic N) is 1. The van der Waals surface area contributed by atoms with E-state index in [1.807, 2.05) is 6.07 Å². The van der Waals surface area contributed by atoms with Gasteiger partial charge in [0.1, 0.15) is 5.75 Å². The molecule has 0 bridgehead atoms. The Hall–Kier alpha value is -2.51. The van der Waals surface area contributed by atoms with Gasteiger partial charge < -0.3 is 10.1 Å². The van der Waals surface area contributed by atoms with Crippen molar-refractivity contribution in [3.63, 3.8) is 0 Å². The molecule has 4 nitrogen and oxygen atoms in total. The number of methoxy groups -OCH3 is 1. The van der Waals surface area contributed by atoms with E-state index in [9.17, 15) is 4.79 Å². The molecule has 0 atom stereocenters. The number of rotatable bonds is 3. The van der Waals surface area contributed by atoms with Crippen LogP contribution in [0.5, 0.6) is 5.75 Å². The van der Waals surface area contributed by atoms with Crippen LogP contribution < -0.4 is 10.1 Å². The van der Waals surface area contributed by atoms with Crippen molar-refractivity contribution in [2.45, 2.75) is 0 Å². The van der Waals surface area contributed by atoms with Crippen molar-refractivity contribution in [2.75, 3.05) is 12.4 Å². The fourth-order valence-corrected chi connectivity index (χ4v) is 1.87. The largest absolute Gasteiger partial charge is 0.497 e. The van der Waals surface area contributed by atoms with Gasteiger partial charge in [0.2, 0.25) is 0 Å². The summed E-state index contributed by atoms with van der Waals surface area (Å²) in [4.78, 5) is 12.1. The molecule has 0 fully saturated rings. The lowest BCUT2D eigenvalue weighted by Crippen LogP contribution is -2.12. The van der Waals surface area contributed by atoms with E-state index in [1.54, 1.807) is 36.4 Å². The smallest absolute Gasteiger partial charge is 0.255 e. The van der Waals surface area contributed by atoms with Crippen LogP contribution in [0, 0.1) is 11.3 Å². The third-order valence-electron chi connectivity index (χ3n) is 2.68. The third kappa shape index (κ3) is 3.08. The minimum atomic E-state index is -0.296. The zero-order chi connectivity index (χ0) is 14.5. The third-order valence-corrected chi connectivity index (χ3v) is 2.99. The van der Waals surface area contributed by atoms with Crippen LogP contribution in [0.25, 0.3) is 0 Å². The molecule has 5 heteroatoms. The maximum Gasteiger partial charge on any atom is 0.255 e. The molecule has 0 aromatic heterocycles. The summed E-state index contributed by atoms with van der Waals surface area (Å²) in [6.07, 6.45) is 0. The summed E-state index contributed by atoms with van der Waals surface area (Å²) in [5.41, 5.74) is 1.36. The quantitative estimate of drug-likeness (QED) is 0.939. The van der Waals surface area contributed by atoms with Gasteiger partial charge in [-0.05, 0) is 36.4 Å². The van der Waals surface area contributed by atoms with E-state index in [-0.39, 0.29) is 5.91 Å². The maximum absolute atomic E-state index is 12.1. The Labute approximate surface area is 121 Å². The van der Waals surface area contributed by atoms with Gasteiger partial charge in [0, 0.05) is 5.56 Å². The van der Waals surface area contributed by atoms with Crippen LogP contribution in [0.15, 0.2) is 42.5 Å². The predicted octanol–water partition coefficient (Wildman–Crippen LogP) is 3.47. The molecule has 0 radical (unpaired) electrons. The highest BCUT2D eigenvalue weighted by Gasteiger charge is 2.09. The van der Waals surface area contributed by atoms with Crippen LogP contribution in [0.4, 0.5) is 5.69 Å². The first-order valence-electron chi connectivity index (χ1n) is 5.79. The Morgan fingerprint density at radius 3 is 2.75 bits per heavy atom. The summed E-state index contributed by atoms with van der Waals surface area (Å²) in [6.45, 7) is 0. The molecule has 0 aliphatic carbocycles. The van der Waals surface area contributed by atoms with E-state index in [4.69, 9.17) is 21.6 Å². The summed E-state index contributed by atoms with van der Waals surface area (Å²) in [6, 6.07) is 13.5. The molecular formula is C15H11ClN2O2. The first-order chi connectivity index (χ1) is 9.63. The van der Waals surface area contributed by atoms with Gasteiger partial charge in [-0.1, -0.05) is 17.7 Å². The molecule has 2 aromatic rings. The molecule has 20 heavy (non-hydrogen) atoms. The van der Waals surface area contributed by atoms with Gasteiger partial charge in [0.05, 0.1) is 29.5 Å². The van der Waals surface area contributed by atoms with Gasteiger partial charge in [-0.25, -0.2) is 0 Å². The molecule has 2 aromatic carbocycles. The van der Waals surface area contributed by atoms with Crippen LogP contribution in [-0.2, 0) is 0 Å². The number of carbonyl (C=O) groups is 1. The van der Waals surface area contributed by atoms with E-state index in [0.717, 1.165) is 0 Å². The Balaban J connectivity index is 2.21. The standard InChI is InChI=1S/C15H11ClN2O2/c1-20-12-4-2-3-11(8-12)15(19)18-14-6-5-10(9-17)7-13(14)16/h2-8H,1H3,(H,18,19). The molecule has 0 unspecified atom stereocenters. The lowest BCUT2D eigenvalue weighted by atomic mass is 10.2.